The van der Waals surface area contributed by atoms with E-state index < -0.39 is 0 Å². The van der Waals surface area contributed by atoms with Crippen LogP contribution in [0.15, 0.2) is 206 Å². The molecule has 15 rings (SSSR count). The Balaban J connectivity index is 1.07. The molecule has 0 bridgehead atoms. The van der Waals surface area contributed by atoms with Crippen molar-refractivity contribution < 1.29 is 0 Å². The number of aromatic nitrogens is 2. The first-order valence-corrected chi connectivity index (χ1v) is 23.6. The number of fused-ring (bicyclic) bond motifs is 18. The molecule has 0 atom stereocenters. The number of hydrogen-bond acceptors (Lipinski definition) is 2. The molecule has 0 aliphatic carbocycles. The SMILES string of the molecule is c1ccc2c(-n3c4ccccc4c4c(-c5ccc6c(c5)cc(-n5c7ccccc7c7ccc8c9ccccc9sc8c75)c5ccccc56)cc5c6ccccc6sc5c43)cccc2c1. The molecule has 4 aromatic heterocycles. The monoisotopic (exact) mass is 846 g/mol. The molecule has 0 saturated heterocycles. The summed E-state index contributed by atoms with van der Waals surface area (Å²) in [6.45, 7) is 0. The molecule has 0 radical (unpaired) electrons. The van der Waals surface area contributed by atoms with E-state index in [4.69, 9.17) is 0 Å². The molecule has 296 valence electrons. The van der Waals surface area contributed by atoms with E-state index in [0.717, 1.165) is 0 Å². The van der Waals surface area contributed by atoms with E-state index >= 15 is 0 Å². The summed E-state index contributed by atoms with van der Waals surface area (Å²) in [5, 5.41) is 17.8. The minimum absolute atomic E-state index is 1.20. The Kier molecular flexibility index (Phi) is 7.01. The molecular formula is C60H34N2S2. The zero-order valence-corrected chi connectivity index (χ0v) is 36.0. The Bertz CT molecular complexity index is 4490. The molecule has 64 heavy (non-hydrogen) atoms. The summed E-state index contributed by atoms with van der Waals surface area (Å²) in [4.78, 5) is 0. The van der Waals surface area contributed by atoms with Gasteiger partial charge in [0.15, 0.2) is 0 Å². The van der Waals surface area contributed by atoms with E-state index in [2.05, 4.69) is 215 Å². The molecule has 0 aliphatic rings. The van der Waals surface area contributed by atoms with E-state index in [-0.39, 0.29) is 0 Å². The van der Waals surface area contributed by atoms with Gasteiger partial charge in [0.25, 0.3) is 0 Å². The lowest BCUT2D eigenvalue weighted by Gasteiger charge is -2.16. The predicted molar refractivity (Wildman–Crippen MR) is 279 cm³/mol. The summed E-state index contributed by atoms with van der Waals surface area (Å²) in [5.41, 5.74) is 9.85. The van der Waals surface area contributed by atoms with Gasteiger partial charge in [-0.1, -0.05) is 158 Å². The van der Waals surface area contributed by atoms with Crippen LogP contribution >= 0.6 is 22.7 Å². The number of nitrogens with zero attached hydrogens (tertiary/aromatic N) is 2. The molecule has 2 nitrogen and oxygen atoms in total. The highest BCUT2D eigenvalue weighted by Gasteiger charge is 2.24. The average molecular weight is 847 g/mol. The highest BCUT2D eigenvalue weighted by molar-refractivity contribution is 7.27. The Morgan fingerprint density at radius 1 is 0.297 bits per heavy atom. The summed E-state index contributed by atoms with van der Waals surface area (Å²) < 4.78 is 10.4. The van der Waals surface area contributed by atoms with Gasteiger partial charge in [0.05, 0.1) is 42.8 Å². The van der Waals surface area contributed by atoms with Crippen LogP contribution in [-0.2, 0) is 0 Å². The second kappa shape index (κ2) is 12.9. The zero-order valence-electron chi connectivity index (χ0n) is 34.3. The number of rotatable bonds is 3. The first kappa shape index (κ1) is 34.8. The van der Waals surface area contributed by atoms with E-state index in [9.17, 15) is 0 Å². The highest BCUT2D eigenvalue weighted by atomic mass is 32.1. The minimum atomic E-state index is 1.20. The Morgan fingerprint density at radius 2 is 0.859 bits per heavy atom. The largest absolute Gasteiger partial charge is 0.307 e. The van der Waals surface area contributed by atoms with Crippen LogP contribution in [0.2, 0.25) is 0 Å². The van der Waals surface area contributed by atoms with Gasteiger partial charge in [-0.15, -0.1) is 22.7 Å². The molecule has 15 aromatic rings. The van der Waals surface area contributed by atoms with Crippen molar-refractivity contribution in [2.75, 3.05) is 0 Å². The molecule has 0 spiro atoms. The van der Waals surface area contributed by atoms with Crippen molar-refractivity contribution in [2.45, 2.75) is 0 Å². The van der Waals surface area contributed by atoms with Crippen LogP contribution in [0.4, 0.5) is 0 Å². The lowest BCUT2D eigenvalue weighted by Crippen LogP contribution is -1.97. The quantitative estimate of drug-likeness (QED) is 0.157. The van der Waals surface area contributed by atoms with Crippen LogP contribution in [-0.4, -0.2) is 9.13 Å². The molecule has 0 aliphatic heterocycles. The average Bonchev–Trinajstić information content (AvgIpc) is 4.11. The zero-order chi connectivity index (χ0) is 41.6. The van der Waals surface area contributed by atoms with Gasteiger partial charge in [-0.3, -0.25) is 0 Å². The van der Waals surface area contributed by atoms with E-state index in [0.29, 0.717) is 0 Å². The van der Waals surface area contributed by atoms with Crippen molar-refractivity contribution >= 4 is 139 Å². The number of para-hydroxylation sites is 2. The number of hydrogen-bond donors (Lipinski definition) is 0. The normalized spacial score (nSPS) is 12.4. The van der Waals surface area contributed by atoms with Crippen molar-refractivity contribution in [1.29, 1.82) is 0 Å². The lowest BCUT2D eigenvalue weighted by molar-refractivity contribution is 1.21. The van der Waals surface area contributed by atoms with E-state index in [1.54, 1.807) is 0 Å². The van der Waals surface area contributed by atoms with Crippen molar-refractivity contribution in [3.63, 3.8) is 0 Å². The Labute approximate surface area is 374 Å². The topological polar surface area (TPSA) is 9.86 Å². The molecular weight excluding hydrogens is 813 g/mol. The van der Waals surface area contributed by atoms with Gasteiger partial charge in [0, 0.05) is 63.3 Å². The van der Waals surface area contributed by atoms with Crippen LogP contribution in [0.1, 0.15) is 0 Å². The van der Waals surface area contributed by atoms with Crippen LogP contribution < -0.4 is 0 Å². The second-order valence-corrected chi connectivity index (χ2v) is 19.2. The fraction of sp³-hybridized carbons (Fsp3) is 0. The van der Waals surface area contributed by atoms with Crippen LogP contribution in [0.5, 0.6) is 0 Å². The van der Waals surface area contributed by atoms with Crippen molar-refractivity contribution in [1.82, 2.24) is 9.13 Å². The summed E-state index contributed by atoms with van der Waals surface area (Å²) in [7, 11) is 0. The standard InChI is InChI=1S/C60H34N2S2/c1-2-16-39-35(14-1)15-13-25-50(39)61-52-24-10-6-22-47(52)56-48(34-49-44-21-8-12-27-55(44)64-60(49)58(56)61)36-28-29-38-37(32-36)33-53(41-18-4-3-17-40(38)41)62-51-23-9-5-19-42(51)45-30-31-46-43-20-7-11-26-54(43)63-59(46)57(45)62/h1-34H. The number of thiophene rings is 2. The second-order valence-electron chi connectivity index (χ2n) is 17.1. The summed E-state index contributed by atoms with van der Waals surface area (Å²) in [6.07, 6.45) is 0. The molecule has 0 amide bonds. The fourth-order valence-electron chi connectivity index (χ4n) is 11.1. The maximum absolute atomic E-state index is 2.57. The van der Waals surface area contributed by atoms with Gasteiger partial charge >= 0.3 is 0 Å². The van der Waals surface area contributed by atoms with Crippen LogP contribution in [0.3, 0.4) is 0 Å². The van der Waals surface area contributed by atoms with E-state index in [1.165, 1.54) is 139 Å². The first-order valence-electron chi connectivity index (χ1n) is 21.9. The highest BCUT2D eigenvalue weighted by Crippen LogP contribution is 2.49. The van der Waals surface area contributed by atoms with Crippen molar-refractivity contribution in [2.24, 2.45) is 0 Å². The maximum atomic E-state index is 2.57. The molecule has 0 N–H and O–H groups in total. The third kappa shape index (κ3) is 4.63. The van der Waals surface area contributed by atoms with Gasteiger partial charge in [0.1, 0.15) is 0 Å². The smallest absolute Gasteiger partial charge is 0.0726 e. The number of benzene rings is 11. The molecule has 0 unspecified atom stereocenters. The summed E-state index contributed by atoms with van der Waals surface area (Å²) >= 11 is 3.82. The Hall–Kier alpha value is -7.76. The van der Waals surface area contributed by atoms with Crippen molar-refractivity contribution in [3.8, 4) is 22.5 Å². The third-order valence-corrected chi connectivity index (χ3v) is 16.2. The molecule has 11 aromatic carbocycles. The van der Waals surface area contributed by atoms with Gasteiger partial charge in [-0.2, -0.15) is 0 Å². The minimum Gasteiger partial charge on any atom is -0.307 e. The summed E-state index contributed by atoms with van der Waals surface area (Å²) in [5.74, 6) is 0. The van der Waals surface area contributed by atoms with Gasteiger partial charge in [-0.25, -0.2) is 0 Å². The lowest BCUT2D eigenvalue weighted by atomic mass is 9.93. The van der Waals surface area contributed by atoms with Gasteiger partial charge in [-0.05, 0) is 81.2 Å². The fourth-order valence-corrected chi connectivity index (χ4v) is 13.6. The van der Waals surface area contributed by atoms with E-state index in [1.807, 2.05) is 22.7 Å². The summed E-state index contributed by atoms with van der Waals surface area (Å²) in [6, 6.07) is 77.1. The Morgan fingerprint density at radius 3 is 1.66 bits per heavy atom. The first-order chi connectivity index (χ1) is 31.8. The molecule has 4 heterocycles. The predicted octanol–water partition coefficient (Wildman–Crippen LogP) is 17.7. The van der Waals surface area contributed by atoms with Gasteiger partial charge < -0.3 is 9.13 Å². The molecule has 0 saturated carbocycles. The maximum Gasteiger partial charge on any atom is 0.0726 e. The molecule has 0 fully saturated rings. The third-order valence-electron chi connectivity index (χ3n) is 13.9. The van der Waals surface area contributed by atoms with Crippen LogP contribution in [0, 0.1) is 0 Å². The molecule has 4 heteroatoms. The van der Waals surface area contributed by atoms with Crippen molar-refractivity contribution in [3.05, 3.63) is 206 Å². The van der Waals surface area contributed by atoms with Gasteiger partial charge in [0.2, 0.25) is 0 Å². The van der Waals surface area contributed by atoms with Crippen LogP contribution in [0.25, 0.3) is 139 Å².